The molecule has 2 aromatic carbocycles. The van der Waals surface area contributed by atoms with E-state index < -0.39 is 11.6 Å². The Hall–Kier alpha value is -1.66. The number of nitrogen functional groups attached to an aromatic ring is 1. The van der Waals surface area contributed by atoms with Crippen molar-refractivity contribution in [2.45, 2.75) is 0 Å². The Morgan fingerprint density at radius 3 is 2.60 bits per heavy atom. The van der Waals surface area contributed by atoms with Gasteiger partial charge in [0.05, 0.1) is 26.2 Å². The largest absolute Gasteiger partial charge is 0.369 e. The molecular formula is C13H7BrClF2N3. The minimum Gasteiger partial charge on any atom is -0.369 e. The van der Waals surface area contributed by atoms with Gasteiger partial charge in [-0.05, 0) is 40.2 Å². The van der Waals surface area contributed by atoms with Gasteiger partial charge >= 0.3 is 0 Å². The minimum absolute atomic E-state index is 0.0452. The molecular weight excluding hydrogens is 352 g/mol. The Morgan fingerprint density at radius 1 is 1.15 bits per heavy atom. The van der Waals surface area contributed by atoms with Gasteiger partial charge in [0.15, 0.2) is 0 Å². The van der Waals surface area contributed by atoms with Crippen LogP contribution < -0.4 is 5.73 Å². The molecule has 0 atom stereocenters. The van der Waals surface area contributed by atoms with Crippen LogP contribution in [0.25, 0.3) is 16.7 Å². The Morgan fingerprint density at radius 2 is 1.90 bits per heavy atom. The third-order valence-corrected chi connectivity index (χ3v) is 3.82. The van der Waals surface area contributed by atoms with Crippen LogP contribution in [0.3, 0.4) is 0 Å². The summed E-state index contributed by atoms with van der Waals surface area (Å²) in [7, 11) is 0. The zero-order valence-electron chi connectivity index (χ0n) is 9.87. The Kier molecular flexibility index (Phi) is 3.14. The van der Waals surface area contributed by atoms with Crippen LogP contribution in [-0.2, 0) is 0 Å². The molecule has 0 saturated carbocycles. The van der Waals surface area contributed by atoms with Gasteiger partial charge in [0, 0.05) is 6.07 Å². The number of aromatic nitrogens is 2. The summed E-state index contributed by atoms with van der Waals surface area (Å²) in [6, 6.07) is 7.14. The van der Waals surface area contributed by atoms with Crippen molar-refractivity contribution in [3.05, 3.63) is 51.5 Å². The van der Waals surface area contributed by atoms with Gasteiger partial charge in [-0.3, -0.25) is 4.57 Å². The molecule has 102 valence electrons. The highest BCUT2D eigenvalue weighted by molar-refractivity contribution is 9.10. The second kappa shape index (κ2) is 4.71. The number of benzene rings is 2. The molecule has 0 unspecified atom stereocenters. The smallest absolute Gasteiger partial charge is 0.205 e. The van der Waals surface area contributed by atoms with Gasteiger partial charge in [-0.1, -0.05) is 11.6 Å². The molecule has 20 heavy (non-hydrogen) atoms. The van der Waals surface area contributed by atoms with E-state index in [0.717, 1.165) is 0 Å². The van der Waals surface area contributed by atoms with Crippen LogP contribution in [-0.4, -0.2) is 9.55 Å². The van der Waals surface area contributed by atoms with Crippen molar-refractivity contribution in [1.29, 1.82) is 0 Å². The molecule has 3 aromatic rings. The molecule has 2 N–H and O–H groups in total. The number of nitrogens with two attached hydrogens (primary N) is 1. The number of hydrogen-bond donors (Lipinski definition) is 1. The summed E-state index contributed by atoms with van der Waals surface area (Å²) in [5.74, 6) is -0.883. The lowest BCUT2D eigenvalue weighted by Gasteiger charge is -2.07. The molecule has 3 nitrogen and oxygen atoms in total. The number of hydrogen-bond acceptors (Lipinski definition) is 2. The van der Waals surface area contributed by atoms with Crippen LogP contribution in [0.1, 0.15) is 0 Å². The summed E-state index contributed by atoms with van der Waals surface area (Å²) in [4.78, 5) is 4.05. The molecule has 1 aromatic heterocycles. The Labute approximate surface area is 126 Å². The van der Waals surface area contributed by atoms with E-state index in [1.165, 1.54) is 22.8 Å². The first kappa shape index (κ1) is 13.3. The van der Waals surface area contributed by atoms with Gasteiger partial charge in [0.25, 0.3) is 0 Å². The zero-order valence-corrected chi connectivity index (χ0v) is 12.2. The summed E-state index contributed by atoms with van der Waals surface area (Å²) in [5, 5.41) is -0.0452. The standard InChI is InChI=1S/C13H7BrClF2N3/c14-7-2-1-6(3-9(7)16)20-12-4-8(15)10(17)5-11(12)19-13(20)18/h1-5H,(H2,18,19). The Bertz CT molecular complexity index is 832. The normalized spacial score (nSPS) is 11.2. The third kappa shape index (κ3) is 2.05. The number of fused-ring (bicyclic) bond motifs is 1. The lowest BCUT2D eigenvalue weighted by Crippen LogP contribution is -2.01. The number of rotatable bonds is 1. The van der Waals surface area contributed by atoms with Gasteiger partial charge in [-0.25, -0.2) is 13.8 Å². The summed E-state index contributed by atoms with van der Waals surface area (Å²) < 4.78 is 28.9. The molecule has 0 saturated heterocycles. The van der Waals surface area contributed by atoms with E-state index in [1.54, 1.807) is 12.1 Å². The van der Waals surface area contributed by atoms with Crippen molar-refractivity contribution >= 4 is 44.5 Å². The minimum atomic E-state index is -0.578. The summed E-state index contributed by atoms with van der Waals surface area (Å²) in [6.07, 6.45) is 0. The maximum Gasteiger partial charge on any atom is 0.205 e. The van der Waals surface area contributed by atoms with Crippen molar-refractivity contribution < 1.29 is 8.78 Å². The fourth-order valence-electron chi connectivity index (χ4n) is 1.99. The predicted molar refractivity (Wildman–Crippen MR) is 78.1 cm³/mol. The van der Waals surface area contributed by atoms with Gasteiger partial charge in [0.1, 0.15) is 11.6 Å². The average molecular weight is 359 g/mol. The summed E-state index contributed by atoms with van der Waals surface area (Å²) in [5.41, 5.74) is 7.17. The van der Waals surface area contributed by atoms with Crippen LogP contribution in [0.15, 0.2) is 34.8 Å². The number of nitrogens with zero attached hydrogens (tertiary/aromatic N) is 2. The van der Waals surface area contributed by atoms with Gasteiger partial charge < -0.3 is 5.73 Å². The molecule has 1 heterocycles. The highest BCUT2D eigenvalue weighted by Crippen LogP contribution is 2.29. The summed E-state index contributed by atoms with van der Waals surface area (Å²) >= 11 is 8.85. The van der Waals surface area contributed by atoms with Crippen LogP contribution in [0, 0.1) is 11.6 Å². The second-order valence-electron chi connectivity index (χ2n) is 4.16. The highest BCUT2D eigenvalue weighted by atomic mass is 79.9. The number of imidazole rings is 1. The molecule has 0 radical (unpaired) electrons. The molecule has 0 spiro atoms. The van der Waals surface area contributed by atoms with E-state index in [-0.39, 0.29) is 11.0 Å². The van der Waals surface area contributed by atoms with Crippen LogP contribution in [0.5, 0.6) is 0 Å². The molecule has 0 bridgehead atoms. The van der Waals surface area contributed by atoms with E-state index in [9.17, 15) is 8.78 Å². The molecule has 0 fully saturated rings. The van der Waals surface area contributed by atoms with Gasteiger partial charge in [-0.2, -0.15) is 0 Å². The lowest BCUT2D eigenvalue weighted by molar-refractivity contribution is 0.620. The van der Waals surface area contributed by atoms with Crippen molar-refractivity contribution in [1.82, 2.24) is 9.55 Å². The topological polar surface area (TPSA) is 43.8 Å². The molecule has 7 heteroatoms. The first-order valence-corrected chi connectivity index (χ1v) is 6.73. The van der Waals surface area contributed by atoms with Crippen molar-refractivity contribution in [2.24, 2.45) is 0 Å². The van der Waals surface area contributed by atoms with Gasteiger partial charge in [0.2, 0.25) is 5.95 Å². The lowest BCUT2D eigenvalue weighted by atomic mass is 10.2. The number of anilines is 1. The first-order chi connectivity index (χ1) is 9.47. The molecule has 0 amide bonds. The quantitative estimate of drug-likeness (QED) is 0.705. The van der Waals surface area contributed by atoms with Crippen LogP contribution in [0.2, 0.25) is 5.02 Å². The van der Waals surface area contributed by atoms with Crippen molar-refractivity contribution in [3.8, 4) is 5.69 Å². The first-order valence-electron chi connectivity index (χ1n) is 5.56. The zero-order chi connectivity index (χ0) is 14.4. The molecule has 0 aliphatic heterocycles. The monoisotopic (exact) mass is 357 g/mol. The maximum absolute atomic E-state index is 13.6. The second-order valence-corrected chi connectivity index (χ2v) is 5.42. The third-order valence-electron chi connectivity index (χ3n) is 2.88. The van der Waals surface area contributed by atoms with E-state index in [4.69, 9.17) is 17.3 Å². The highest BCUT2D eigenvalue weighted by Gasteiger charge is 2.14. The maximum atomic E-state index is 13.6. The van der Waals surface area contributed by atoms with Crippen molar-refractivity contribution in [3.63, 3.8) is 0 Å². The van der Waals surface area contributed by atoms with Crippen LogP contribution >= 0.6 is 27.5 Å². The van der Waals surface area contributed by atoms with E-state index in [1.807, 2.05) is 0 Å². The fourth-order valence-corrected chi connectivity index (χ4v) is 2.39. The predicted octanol–water partition coefficient (Wildman–Crippen LogP) is 4.30. The number of halogens is 4. The van der Waals surface area contributed by atoms with E-state index in [0.29, 0.717) is 21.2 Å². The van der Waals surface area contributed by atoms with E-state index in [2.05, 4.69) is 20.9 Å². The molecule has 0 aliphatic carbocycles. The molecule has 3 rings (SSSR count). The fraction of sp³-hybridized carbons (Fsp3) is 0. The van der Waals surface area contributed by atoms with E-state index >= 15 is 0 Å². The van der Waals surface area contributed by atoms with Gasteiger partial charge in [-0.15, -0.1) is 0 Å². The average Bonchev–Trinajstić information content (AvgIpc) is 2.69. The van der Waals surface area contributed by atoms with Crippen LogP contribution in [0.4, 0.5) is 14.7 Å². The van der Waals surface area contributed by atoms with Crippen molar-refractivity contribution in [2.75, 3.05) is 5.73 Å². The molecule has 0 aliphatic rings. The Balaban J connectivity index is 2.32. The SMILES string of the molecule is Nc1nc2cc(F)c(Cl)cc2n1-c1ccc(Br)c(F)c1. The summed E-state index contributed by atoms with van der Waals surface area (Å²) in [6.45, 7) is 0.